The van der Waals surface area contributed by atoms with Gasteiger partial charge in [0.15, 0.2) is 12.2 Å². The second-order valence-corrected chi connectivity index (χ2v) is 10.1. The molecule has 156 valence electrons. The van der Waals surface area contributed by atoms with E-state index in [1.165, 1.54) is 6.92 Å². The van der Waals surface area contributed by atoms with Crippen LogP contribution in [0.3, 0.4) is 0 Å². The molecule has 9 nitrogen and oxygen atoms in total. The summed E-state index contributed by atoms with van der Waals surface area (Å²) < 4.78 is 22.8. The number of esters is 3. The number of carbonyl (C=O) groups is 3. The first-order chi connectivity index (χ1) is 13.5. The van der Waals surface area contributed by atoms with Crippen LogP contribution in [0.15, 0.2) is 11.1 Å². The average molecular weight is 406 g/mol. The molecular formula is C20H22O9. The molecule has 5 fully saturated rings. The van der Waals surface area contributed by atoms with Crippen molar-refractivity contribution in [2.75, 3.05) is 0 Å². The smallest absolute Gasteiger partial charge is 0.344 e. The van der Waals surface area contributed by atoms with Gasteiger partial charge in [-0.25, -0.2) is 14.4 Å². The maximum absolute atomic E-state index is 13.3. The van der Waals surface area contributed by atoms with Gasteiger partial charge < -0.3 is 29.2 Å². The Morgan fingerprint density at radius 3 is 2.41 bits per heavy atom. The van der Waals surface area contributed by atoms with Crippen LogP contribution in [0.2, 0.25) is 0 Å². The second kappa shape index (κ2) is 4.53. The summed E-state index contributed by atoms with van der Waals surface area (Å²) in [6.45, 7) is 7.41. The highest BCUT2D eigenvalue weighted by molar-refractivity contribution is 6.00. The predicted octanol–water partition coefficient (Wildman–Crippen LogP) is -0.420. The van der Waals surface area contributed by atoms with Crippen molar-refractivity contribution in [3.8, 4) is 0 Å². The molecule has 6 aliphatic rings. The minimum atomic E-state index is -1.83. The van der Waals surface area contributed by atoms with E-state index in [0.29, 0.717) is 6.42 Å². The molecule has 0 aromatic heterocycles. The first kappa shape index (κ1) is 17.9. The summed E-state index contributed by atoms with van der Waals surface area (Å²) in [5.41, 5.74) is -4.76. The number of rotatable bonds is 0. The van der Waals surface area contributed by atoms with Crippen LogP contribution >= 0.6 is 0 Å². The van der Waals surface area contributed by atoms with Crippen LogP contribution in [0.1, 0.15) is 34.1 Å². The second-order valence-electron chi connectivity index (χ2n) is 10.1. The molecule has 3 saturated heterocycles. The molecule has 0 amide bonds. The maximum atomic E-state index is 13.3. The molecule has 2 saturated carbocycles. The van der Waals surface area contributed by atoms with Gasteiger partial charge in [0, 0.05) is 11.1 Å². The zero-order valence-electron chi connectivity index (χ0n) is 16.4. The number of hydrogen-bond donors (Lipinski definition) is 2. The lowest BCUT2D eigenvalue weighted by Gasteiger charge is -2.47. The maximum Gasteiger partial charge on any atom is 0.344 e. The highest BCUT2D eigenvalue weighted by Gasteiger charge is 2.99. The van der Waals surface area contributed by atoms with E-state index < -0.39 is 70.5 Å². The van der Waals surface area contributed by atoms with E-state index in [2.05, 4.69) is 0 Å². The molecule has 0 aromatic carbocycles. The quantitative estimate of drug-likeness (QED) is 0.407. The van der Waals surface area contributed by atoms with Gasteiger partial charge in [0.05, 0.1) is 10.8 Å². The van der Waals surface area contributed by atoms with E-state index in [0.717, 1.165) is 0 Å². The van der Waals surface area contributed by atoms with Crippen LogP contribution in [0.25, 0.3) is 0 Å². The molecule has 2 spiro atoms. The fraction of sp³-hybridized carbons (Fsp3) is 0.750. The Labute approximate surface area is 165 Å². The fourth-order valence-electron chi connectivity index (χ4n) is 7.64. The van der Waals surface area contributed by atoms with Gasteiger partial charge in [-0.2, -0.15) is 0 Å². The molecule has 29 heavy (non-hydrogen) atoms. The number of fused-ring (bicyclic) bond motifs is 1. The molecular weight excluding hydrogens is 384 g/mol. The monoisotopic (exact) mass is 406 g/mol. The zero-order valence-corrected chi connectivity index (χ0v) is 16.4. The number of aliphatic hydroxyl groups excluding tert-OH is 2. The Morgan fingerprint density at radius 2 is 1.76 bits per heavy atom. The topological polar surface area (TPSA) is 129 Å². The lowest BCUT2D eigenvalue weighted by molar-refractivity contribution is -0.193. The van der Waals surface area contributed by atoms with Gasteiger partial charge in [-0.1, -0.05) is 20.8 Å². The molecule has 6 rings (SSSR count). The molecule has 4 unspecified atom stereocenters. The van der Waals surface area contributed by atoms with Gasteiger partial charge in [0.1, 0.15) is 12.2 Å². The molecule has 9 atom stereocenters. The van der Waals surface area contributed by atoms with E-state index in [9.17, 15) is 24.6 Å². The van der Waals surface area contributed by atoms with Gasteiger partial charge in [-0.3, -0.25) is 0 Å². The molecule has 9 heteroatoms. The van der Waals surface area contributed by atoms with Crippen LogP contribution in [-0.2, 0) is 33.3 Å². The lowest BCUT2D eigenvalue weighted by atomic mass is 9.51. The van der Waals surface area contributed by atoms with Crippen molar-refractivity contribution >= 4 is 17.9 Å². The third-order valence-electron chi connectivity index (χ3n) is 8.35. The van der Waals surface area contributed by atoms with E-state index in [-0.39, 0.29) is 17.1 Å². The van der Waals surface area contributed by atoms with Gasteiger partial charge in [-0.05, 0) is 24.7 Å². The van der Waals surface area contributed by atoms with E-state index in [1.807, 2.05) is 20.8 Å². The van der Waals surface area contributed by atoms with Crippen molar-refractivity contribution in [1.82, 2.24) is 0 Å². The van der Waals surface area contributed by atoms with E-state index in [1.54, 1.807) is 0 Å². The van der Waals surface area contributed by atoms with Crippen molar-refractivity contribution in [2.45, 2.75) is 70.4 Å². The first-order valence-corrected chi connectivity index (χ1v) is 9.85. The molecule has 0 aromatic rings. The van der Waals surface area contributed by atoms with Gasteiger partial charge >= 0.3 is 17.9 Å². The van der Waals surface area contributed by atoms with Crippen LogP contribution in [0.4, 0.5) is 0 Å². The average Bonchev–Trinajstić information content (AvgIpc) is 3.34. The van der Waals surface area contributed by atoms with E-state index in [4.69, 9.17) is 18.9 Å². The summed E-state index contributed by atoms with van der Waals surface area (Å²) >= 11 is 0. The molecule has 2 aliphatic carbocycles. The zero-order chi connectivity index (χ0) is 20.9. The Hall–Kier alpha value is -1.97. The largest absolute Gasteiger partial charge is 0.459 e. The van der Waals surface area contributed by atoms with Crippen LogP contribution < -0.4 is 0 Å². The Bertz CT molecular complexity index is 946. The molecule has 4 heterocycles. The van der Waals surface area contributed by atoms with Crippen molar-refractivity contribution in [2.24, 2.45) is 22.2 Å². The standard InChI is InChI=1S/C20H22O9/c1-6-9-10(27-13(6)23)11(21)19-8-5-7(17(2,3)4)18(19)12(22)14(24)28-16(18)29-20(9,19)15(25)26-8/h7-8,10-12,16,21-22H,5H2,1-4H3/t7?,8?,10-,11?,12?,16+,18+,19+,20-/m1/s1. The molecule has 0 bridgehead atoms. The van der Waals surface area contributed by atoms with Crippen LogP contribution in [-0.4, -0.2) is 64.4 Å². The first-order valence-electron chi connectivity index (χ1n) is 9.85. The summed E-state index contributed by atoms with van der Waals surface area (Å²) in [6, 6.07) is 0. The summed E-state index contributed by atoms with van der Waals surface area (Å²) in [5.74, 6) is -2.59. The minimum absolute atomic E-state index is 0.179. The number of hydrogen-bond acceptors (Lipinski definition) is 9. The van der Waals surface area contributed by atoms with Crippen molar-refractivity contribution in [1.29, 1.82) is 0 Å². The van der Waals surface area contributed by atoms with Gasteiger partial charge in [-0.15, -0.1) is 0 Å². The minimum Gasteiger partial charge on any atom is -0.459 e. The predicted molar refractivity (Wildman–Crippen MR) is 90.6 cm³/mol. The third kappa shape index (κ3) is 1.36. The van der Waals surface area contributed by atoms with Crippen LogP contribution in [0.5, 0.6) is 0 Å². The summed E-state index contributed by atoms with van der Waals surface area (Å²) in [7, 11) is 0. The van der Waals surface area contributed by atoms with Gasteiger partial charge in [0.2, 0.25) is 11.9 Å². The highest BCUT2D eigenvalue weighted by atomic mass is 16.7. The number of carbonyl (C=O) groups excluding carboxylic acids is 3. The highest BCUT2D eigenvalue weighted by Crippen LogP contribution is 2.83. The molecule has 2 N–H and O–H groups in total. The fourth-order valence-corrected chi connectivity index (χ4v) is 7.64. The number of ether oxygens (including phenoxy) is 4. The van der Waals surface area contributed by atoms with E-state index >= 15 is 0 Å². The lowest BCUT2D eigenvalue weighted by Crippen LogP contribution is -2.62. The summed E-state index contributed by atoms with van der Waals surface area (Å²) in [6.07, 6.45) is -5.81. The third-order valence-corrected chi connectivity index (χ3v) is 8.35. The SMILES string of the molecule is CC1=C2[C@@H](OC1=O)C(O)[C@@]13C4CC(C(C)(C)C)[C@@]15C(O)C(=O)O[C@H]5O[C@@]23C(=O)O4. The van der Waals surface area contributed by atoms with Crippen molar-refractivity contribution < 1.29 is 43.5 Å². The Morgan fingerprint density at radius 1 is 1.07 bits per heavy atom. The Balaban J connectivity index is 1.73. The molecule has 0 radical (unpaired) electrons. The normalized spacial score (nSPS) is 54.2. The van der Waals surface area contributed by atoms with Crippen LogP contribution in [0, 0.1) is 22.2 Å². The van der Waals surface area contributed by atoms with Crippen molar-refractivity contribution in [3.63, 3.8) is 0 Å². The summed E-state index contributed by atoms with van der Waals surface area (Å²) in [5, 5.41) is 22.8. The Kier molecular flexibility index (Phi) is 2.79. The summed E-state index contributed by atoms with van der Waals surface area (Å²) in [4.78, 5) is 38.0. The number of aliphatic hydroxyl groups is 2. The molecule has 4 aliphatic heterocycles. The van der Waals surface area contributed by atoms with Crippen molar-refractivity contribution in [3.05, 3.63) is 11.1 Å². The van der Waals surface area contributed by atoms with Gasteiger partial charge in [0.25, 0.3) is 0 Å².